The monoisotopic (exact) mass is 1370 g/mol. The van der Waals surface area contributed by atoms with Crippen molar-refractivity contribution in [3.63, 3.8) is 0 Å². The second-order valence-electron chi connectivity index (χ2n) is 26.8. The molecule has 4 atom stereocenters. The molecule has 8 N–H and O–H groups in total. The molecule has 0 aliphatic heterocycles. The fraction of sp³-hybridized carbons (Fsp3) is 0.581. The van der Waals surface area contributed by atoms with Gasteiger partial charge in [-0.05, 0) is 166 Å². The average Bonchev–Trinajstić information content (AvgIpc) is 0.976. The summed E-state index contributed by atoms with van der Waals surface area (Å²) in [6.07, 6.45) is 92.6. The number of hydrogen-bond acceptors (Lipinski definition) is 8. The van der Waals surface area contributed by atoms with Crippen LogP contribution in [0.5, 0.6) is 0 Å². The summed E-state index contributed by atoms with van der Waals surface area (Å²) < 4.78 is 0. The number of carbonyl (C=O) groups is 4. The fourth-order valence-electron chi connectivity index (χ4n) is 8.91. The molecule has 0 aromatic rings. The summed E-state index contributed by atoms with van der Waals surface area (Å²) in [6, 6.07) is 0. The zero-order valence-corrected chi connectivity index (χ0v) is 62.9. The highest BCUT2D eigenvalue weighted by molar-refractivity contribution is 5.67. The maximum Gasteiger partial charge on any atom is 0.303 e. The lowest BCUT2D eigenvalue weighted by Crippen LogP contribution is -2.27. The first kappa shape index (κ1) is 97.9. The van der Waals surface area contributed by atoms with E-state index in [1.54, 1.807) is 0 Å². The molecule has 0 saturated heterocycles. The van der Waals surface area contributed by atoms with E-state index in [2.05, 4.69) is 153 Å². The van der Waals surface area contributed by atoms with Crippen molar-refractivity contribution < 1.29 is 60.0 Å². The van der Waals surface area contributed by atoms with E-state index in [4.69, 9.17) is 20.4 Å². The lowest BCUT2D eigenvalue weighted by atomic mass is 9.81. The highest BCUT2D eigenvalue weighted by Gasteiger charge is 2.25. The summed E-state index contributed by atoms with van der Waals surface area (Å²) in [7, 11) is 0. The van der Waals surface area contributed by atoms with Gasteiger partial charge in [0.05, 0.1) is 23.4 Å². The molecule has 0 aliphatic rings. The maximum absolute atomic E-state index is 10.3. The third-order valence-electron chi connectivity index (χ3n) is 15.6. The Morgan fingerprint density at radius 2 is 0.490 bits per heavy atom. The third kappa shape index (κ3) is 80.2. The van der Waals surface area contributed by atoms with Crippen molar-refractivity contribution in [2.45, 2.75) is 311 Å². The largest absolute Gasteiger partial charge is 0.481 e. The van der Waals surface area contributed by atoms with Crippen LogP contribution in [-0.4, -0.2) is 88.1 Å². The van der Waals surface area contributed by atoms with Crippen molar-refractivity contribution in [1.82, 2.24) is 0 Å². The fourth-order valence-corrected chi connectivity index (χ4v) is 8.91. The summed E-state index contributed by atoms with van der Waals surface area (Å²) in [5, 5.41) is 74.7. The maximum atomic E-state index is 10.3. The van der Waals surface area contributed by atoms with Crippen LogP contribution in [0.4, 0.5) is 0 Å². The number of rotatable bonds is 56. The summed E-state index contributed by atoms with van der Waals surface area (Å²) >= 11 is 0. The Labute approximate surface area is 597 Å². The first-order valence-corrected chi connectivity index (χ1v) is 36.9. The number of hydrogen-bond donors (Lipinski definition) is 8. The molecule has 0 aliphatic carbocycles. The molecule has 0 amide bonds. The van der Waals surface area contributed by atoms with E-state index in [9.17, 15) is 39.6 Å². The lowest BCUT2D eigenvalue weighted by Gasteiger charge is -2.28. The van der Waals surface area contributed by atoms with Gasteiger partial charge in [-0.3, -0.25) is 19.2 Å². The van der Waals surface area contributed by atoms with Gasteiger partial charge in [0, 0.05) is 25.7 Å². The molecule has 0 radical (unpaired) electrons. The molecule has 0 spiro atoms. The van der Waals surface area contributed by atoms with Gasteiger partial charge in [-0.25, -0.2) is 0 Å². The molecular weight excluding hydrogens is 1220 g/mol. The second-order valence-corrected chi connectivity index (χ2v) is 26.8. The van der Waals surface area contributed by atoms with Crippen LogP contribution >= 0.6 is 0 Å². The molecule has 0 saturated carbocycles. The minimum Gasteiger partial charge on any atom is -0.481 e. The Kier molecular flexibility index (Phi) is 70.4. The van der Waals surface area contributed by atoms with Gasteiger partial charge < -0.3 is 40.9 Å². The Balaban J connectivity index is -0.000000601. The van der Waals surface area contributed by atoms with Crippen LogP contribution in [-0.2, 0) is 19.2 Å². The van der Waals surface area contributed by atoms with Gasteiger partial charge in [0.1, 0.15) is 0 Å². The van der Waals surface area contributed by atoms with E-state index in [1.165, 1.54) is 0 Å². The molecule has 0 heterocycles. The van der Waals surface area contributed by atoms with E-state index in [0.717, 1.165) is 154 Å². The number of unbranched alkanes of at least 4 members (excludes halogenated alkanes) is 8. The second kappa shape index (κ2) is 70.4. The van der Waals surface area contributed by atoms with E-state index in [1.807, 2.05) is 111 Å². The number of aliphatic hydroxyl groups is 4. The highest BCUT2D eigenvalue weighted by atomic mass is 16.4. The summed E-state index contributed by atoms with van der Waals surface area (Å²) in [5.41, 5.74) is -1.32. The van der Waals surface area contributed by atoms with Crippen LogP contribution in [0.1, 0.15) is 288 Å². The van der Waals surface area contributed by atoms with E-state index < -0.39 is 47.3 Å². The molecule has 4 unspecified atom stereocenters. The van der Waals surface area contributed by atoms with Crippen LogP contribution in [0.3, 0.4) is 0 Å². The van der Waals surface area contributed by atoms with E-state index >= 15 is 0 Å². The zero-order chi connectivity index (χ0) is 74.1. The average molecular weight is 1370 g/mol. The van der Waals surface area contributed by atoms with Crippen molar-refractivity contribution in [3.8, 4) is 0 Å². The molecule has 0 aromatic carbocycles. The van der Waals surface area contributed by atoms with E-state index in [-0.39, 0.29) is 36.5 Å². The predicted octanol–water partition coefficient (Wildman–Crippen LogP) is 22.8. The third-order valence-corrected chi connectivity index (χ3v) is 15.6. The summed E-state index contributed by atoms with van der Waals surface area (Å²) in [5.74, 6) is -2.92. The van der Waals surface area contributed by atoms with Gasteiger partial charge in [-0.2, -0.15) is 0 Å². The minimum atomic E-state index is -0.730. The van der Waals surface area contributed by atoms with Gasteiger partial charge in [0.2, 0.25) is 0 Å². The highest BCUT2D eigenvalue weighted by Crippen LogP contribution is 2.29. The van der Waals surface area contributed by atoms with Crippen LogP contribution in [0.15, 0.2) is 194 Å². The molecular formula is C86H140O12. The van der Waals surface area contributed by atoms with Crippen molar-refractivity contribution in [2.24, 2.45) is 10.8 Å². The van der Waals surface area contributed by atoms with E-state index in [0.29, 0.717) is 38.5 Å². The quantitative estimate of drug-likeness (QED) is 0.0162. The summed E-state index contributed by atoms with van der Waals surface area (Å²) in [4.78, 5) is 41.4. The Hall–Kier alpha value is -6.44. The Morgan fingerprint density at radius 1 is 0.286 bits per heavy atom. The van der Waals surface area contributed by atoms with Crippen molar-refractivity contribution in [2.75, 3.05) is 0 Å². The molecule has 556 valence electrons. The van der Waals surface area contributed by atoms with Gasteiger partial charge in [0.25, 0.3) is 0 Å². The van der Waals surface area contributed by atoms with Gasteiger partial charge in [-0.1, -0.05) is 301 Å². The molecule has 12 nitrogen and oxygen atoms in total. The number of aliphatic hydroxyl groups excluding tert-OH is 2. The molecule has 0 bridgehead atoms. The standard InChI is InChI=1S/2C22H36O3.2C21H34O3/c2*1-4-5-19-22(2,3)20(23)17-15-13-11-9-7-6-8-10-12-14-16-18-21(24)25;2*1-3-4-18-21(2,24)19-16-14-12-10-8-6-5-7-9-11-13-15-17-20(22)23/h2*6-7,10-13,15,17,20,23H,4-5,8-9,14,16,18-19H2,1-3H3,(H,24,25);2*5-6,9-12,14,16,24H,3-4,7-8,13,15,17-19H2,1-2H3,(H,22,23)/b2*7-6-,12-10-,13-11-,17-15+;2*6-5-,11-9-,12-10-,16-14+. The first-order valence-electron chi connectivity index (χ1n) is 36.9. The van der Waals surface area contributed by atoms with Crippen molar-refractivity contribution >= 4 is 23.9 Å². The van der Waals surface area contributed by atoms with Crippen LogP contribution in [0.25, 0.3) is 0 Å². The first-order chi connectivity index (χ1) is 46.8. The molecule has 0 aromatic heterocycles. The minimum absolute atomic E-state index is 0.0724. The summed E-state index contributed by atoms with van der Waals surface area (Å²) in [6.45, 7) is 20.9. The number of carboxylic acid groups (broad SMARTS) is 4. The SMILES string of the molecule is CCCCC(C)(C)C(O)/C=C/C=C\C/C=C\C/C=C\CCCC(=O)O.CCCCC(C)(C)C(O)/C=C/C=C\C/C=C\C/C=C\CCCC(=O)O.CCCCC(C)(O)C/C=C/C=C\C/C=C\C/C=C\CCCC(=O)O.CCCCC(C)(O)C/C=C/C=C\C/C=C\C/C=C\CCCC(=O)O. The lowest BCUT2D eigenvalue weighted by molar-refractivity contribution is -0.138. The zero-order valence-electron chi connectivity index (χ0n) is 62.9. The van der Waals surface area contributed by atoms with Crippen molar-refractivity contribution in [3.05, 3.63) is 194 Å². The molecule has 98 heavy (non-hydrogen) atoms. The Bertz CT molecular complexity index is 2270. The van der Waals surface area contributed by atoms with Crippen LogP contribution in [0.2, 0.25) is 0 Å². The van der Waals surface area contributed by atoms with Crippen molar-refractivity contribution in [1.29, 1.82) is 0 Å². The number of aliphatic carboxylic acids is 4. The Morgan fingerprint density at radius 3 is 0.724 bits per heavy atom. The number of allylic oxidation sites excluding steroid dienone is 28. The predicted molar refractivity (Wildman–Crippen MR) is 417 cm³/mol. The van der Waals surface area contributed by atoms with Gasteiger partial charge in [0.15, 0.2) is 0 Å². The van der Waals surface area contributed by atoms with Crippen LogP contribution in [0, 0.1) is 10.8 Å². The smallest absolute Gasteiger partial charge is 0.303 e. The molecule has 0 fully saturated rings. The van der Waals surface area contributed by atoms with Gasteiger partial charge >= 0.3 is 23.9 Å². The normalized spacial score (nSPS) is 14.8. The van der Waals surface area contributed by atoms with Gasteiger partial charge in [-0.15, -0.1) is 0 Å². The molecule has 12 heteroatoms. The topological polar surface area (TPSA) is 230 Å². The number of carboxylic acids is 4. The van der Waals surface area contributed by atoms with Crippen LogP contribution < -0.4 is 0 Å². The molecule has 0 rings (SSSR count).